The molecule has 2 aromatic rings. The van der Waals surface area contributed by atoms with Gasteiger partial charge in [-0.1, -0.05) is 36.4 Å². The molecule has 0 spiro atoms. The van der Waals surface area contributed by atoms with Crippen molar-refractivity contribution in [2.75, 3.05) is 12.9 Å². The zero-order valence-electron chi connectivity index (χ0n) is 18.3. The highest BCUT2D eigenvalue weighted by Crippen LogP contribution is 2.34. The van der Waals surface area contributed by atoms with E-state index in [1.807, 2.05) is 18.2 Å². The predicted octanol–water partition coefficient (Wildman–Crippen LogP) is 3.30. The molecule has 2 heterocycles. The average Bonchev–Trinajstić information content (AvgIpc) is 2.75. The van der Waals surface area contributed by atoms with E-state index in [1.165, 1.54) is 11.8 Å². The van der Waals surface area contributed by atoms with Crippen LogP contribution in [0.5, 0.6) is 0 Å². The summed E-state index contributed by atoms with van der Waals surface area (Å²) in [5.74, 6) is 0.571. The molecule has 168 valence electrons. The summed E-state index contributed by atoms with van der Waals surface area (Å²) < 4.78 is 34.7. The van der Waals surface area contributed by atoms with Crippen molar-refractivity contribution < 1.29 is 13.2 Å². The maximum absolute atomic E-state index is 12.9. The highest BCUT2D eigenvalue weighted by molar-refractivity contribution is 7.88. The maximum Gasteiger partial charge on any atom is 0.254 e. The number of benzene rings is 1. The van der Waals surface area contributed by atoms with Gasteiger partial charge in [-0.25, -0.2) is 13.1 Å². The summed E-state index contributed by atoms with van der Waals surface area (Å²) >= 11 is 0. The Morgan fingerprint density at radius 2 is 1.74 bits per heavy atom. The molecule has 1 N–H and O–H groups in total. The number of hydrogen-bond acceptors (Lipinski definition) is 4. The van der Waals surface area contributed by atoms with Gasteiger partial charge in [0.15, 0.2) is 0 Å². The normalized spacial score (nSPS) is 26.4. The fourth-order valence-electron chi connectivity index (χ4n) is 5.06. The third kappa shape index (κ3) is 5.27. The fourth-order valence-corrected chi connectivity index (χ4v) is 5.89. The molecular formula is C24H32N2O4S. The minimum atomic E-state index is -3.38. The number of sulfonamides is 1. The first-order valence-electron chi connectivity index (χ1n) is 11.2. The van der Waals surface area contributed by atoms with Crippen LogP contribution in [-0.2, 0) is 21.2 Å². The van der Waals surface area contributed by atoms with Crippen molar-refractivity contribution in [3.8, 4) is 0 Å². The van der Waals surface area contributed by atoms with Gasteiger partial charge in [-0.15, -0.1) is 0 Å². The highest BCUT2D eigenvalue weighted by atomic mass is 32.2. The lowest BCUT2D eigenvalue weighted by atomic mass is 9.83. The molecule has 1 saturated carbocycles. The van der Waals surface area contributed by atoms with Gasteiger partial charge >= 0.3 is 0 Å². The third-order valence-electron chi connectivity index (χ3n) is 6.71. The first-order chi connectivity index (χ1) is 14.8. The van der Waals surface area contributed by atoms with Crippen molar-refractivity contribution in [2.45, 2.75) is 69.6 Å². The van der Waals surface area contributed by atoms with Gasteiger partial charge in [-0.2, -0.15) is 0 Å². The van der Waals surface area contributed by atoms with E-state index >= 15 is 0 Å². The number of hydrogen-bond donors (Lipinski definition) is 1. The molecule has 0 amide bonds. The van der Waals surface area contributed by atoms with Crippen LogP contribution in [0.2, 0.25) is 0 Å². The van der Waals surface area contributed by atoms with Crippen molar-refractivity contribution in [1.82, 2.24) is 9.29 Å². The smallest absolute Gasteiger partial charge is 0.254 e. The molecule has 2 aliphatic rings. The Morgan fingerprint density at radius 3 is 2.42 bits per heavy atom. The third-order valence-corrected chi connectivity index (χ3v) is 7.44. The van der Waals surface area contributed by atoms with Crippen LogP contribution in [0.3, 0.4) is 0 Å². The van der Waals surface area contributed by atoms with Crippen LogP contribution < -0.4 is 10.3 Å². The van der Waals surface area contributed by atoms with Gasteiger partial charge in [0.2, 0.25) is 10.0 Å². The number of ether oxygens (including phenoxy) is 1. The summed E-state index contributed by atoms with van der Waals surface area (Å²) in [6.45, 7) is 2.14. The van der Waals surface area contributed by atoms with Gasteiger partial charge in [0.05, 0.1) is 25.0 Å². The van der Waals surface area contributed by atoms with Crippen LogP contribution in [0.4, 0.5) is 0 Å². The number of aromatic nitrogens is 1. The molecule has 4 rings (SSSR count). The number of aryl methyl sites for hydroxylation is 2. The first-order valence-corrected chi connectivity index (χ1v) is 13.1. The summed E-state index contributed by atoms with van der Waals surface area (Å²) in [6, 6.07) is 13.8. The van der Waals surface area contributed by atoms with Crippen molar-refractivity contribution in [3.63, 3.8) is 0 Å². The molecule has 0 bridgehead atoms. The van der Waals surface area contributed by atoms with Gasteiger partial charge < -0.3 is 9.30 Å². The molecule has 0 radical (unpaired) electrons. The molecular weight excluding hydrogens is 412 g/mol. The average molecular weight is 445 g/mol. The lowest BCUT2D eigenvalue weighted by Gasteiger charge is -2.37. The monoisotopic (exact) mass is 444 g/mol. The lowest BCUT2D eigenvalue weighted by molar-refractivity contribution is -0.00168. The van der Waals surface area contributed by atoms with Crippen molar-refractivity contribution in [3.05, 3.63) is 69.6 Å². The number of nitrogens with zero attached hydrogens (tertiary/aromatic N) is 1. The standard InChI is InChI=1S/C24H32N2O4S/c1-17-8-11-20-12-15-22(25-31(2,28)29)23(26(20)24(17)27)16-30-21-13-9-19(10-14-21)18-6-4-3-5-7-18/h3-8,11,19,21-23,25H,9-10,12-16H2,1-2H3/t19?,21?,22-,23+/m0/s1. The first kappa shape index (κ1) is 22.2. The molecule has 6 nitrogen and oxygen atoms in total. The minimum absolute atomic E-state index is 0.0566. The summed E-state index contributed by atoms with van der Waals surface area (Å²) in [6.07, 6.45) is 6.76. The summed E-state index contributed by atoms with van der Waals surface area (Å²) in [5, 5.41) is 0. The van der Waals surface area contributed by atoms with Crippen LogP contribution >= 0.6 is 0 Å². The quantitative estimate of drug-likeness (QED) is 0.742. The molecule has 0 unspecified atom stereocenters. The Labute approximate surface area is 184 Å². The summed E-state index contributed by atoms with van der Waals surface area (Å²) in [7, 11) is -3.38. The Bertz CT molecular complexity index is 1060. The van der Waals surface area contributed by atoms with E-state index in [4.69, 9.17) is 4.74 Å². The van der Waals surface area contributed by atoms with Crippen LogP contribution in [-0.4, -0.2) is 38.0 Å². The van der Waals surface area contributed by atoms with E-state index in [9.17, 15) is 13.2 Å². The van der Waals surface area contributed by atoms with E-state index in [0.29, 0.717) is 30.9 Å². The zero-order valence-corrected chi connectivity index (χ0v) is 19.1. The van der Waals surface area contributed by atoms with E-state index in [2.05, 4.69) is 29.0 Å². The number of fused-ring (bicyclic) bond motifs is 1. The van der Waals surface area contributed by atoms with Crippen LogP contribution in [0.25, 0.3) is 0 Å². The largest absolute Gasteiger partial charge is 0.376 e. The Hall–Kier alpha value is -1.96. The van der Waals surface area contributed by atoms with Gasteiger partial charge in [0.25, 0.3) is 5.56 Å². The molecule has 2 atom stereocenters. The van der Waals surface area contributed by atoms with Gasteiger partial charge in [0.1, 0.15) is 0 Å². The molecule has 7 heteroatoms. The van der Waals surface area contributed by atoms with E-state index in [0.717, 1.165) is 31.4 Å². The minimum Gasteiger partial charge on any atom is -0.376 e. The Kier molecular flexibility index (Phi) is 6.65. The van der Waals surface area contributed by atoms with Crippen LogP contribution in [0.1, 0.15) is 60.9 Å². The van der Waals surface area contributed by atoms with Crippen molar-refractivity contribution in [1.29, 1.82) is 0 Å². The summed E-state index contributed by atoms with van der Waals surface area (Å²) in [5.41, 5.74) is 2.95. The molecule has 1 aliphatic heterocycles. The topological polar surface area (TPSA) is 77.4 Å². The number of nitrogens with one attached hydrogen (secondary N) is 1. The van der Waals surface area contributed by atoms with Gasteiger partial charge in [0, 0.05) is 17.3 Å². The molecule has 1 aromatic heterocycles. The predicted molar refractivity (Wildman–Crippen MR) is 122 cm³/mol. The Balaban J connectivity index is 1.46. The van der Waals surface area contributed by atoms with Gasteiger partial charge in [-0.05, 0) is 63.0 Å². The van der Waals surface area contributed by atoms with Gasteiger partial charge in [-0.3, -0.25) is 4.79 Å². The fraction of sp³-hybridized carbons (Fsp3) is 0.542. The lowest BCUT2D eigenvalue weighted by Crippen LogP contribution is -2.49. The van der Waals surface area contributed by atoms with Crippen LogP contribution in [0.15, 0.2) is 47.3 Å². The second-order valence-corrected chi connectivity index (χ2v) is 10.8. The number of rotatable bonds is 6. The maximum atomic E-state index is 12.9. The molecule has 31 heavy (non-hydrogen) atoms. The molecule has 1 aliphatic carbocycles. The zero-order chi connectivity index (χ0) is 22.0. The van der Waals surface area contributed by atoms with E-state index in [-0.39, 0.29) is 23.7 Å². The summed E-state index contributed by atoms with van der Waals surface area (Å²) in [4.78, 5) is 12.9. The van der Waals surface area contributed by atoms with Crippen molar-refractivity contribution in [2.24, 2.45) is 0 Å². The van der Waals surface area contributed by atoms with Crippen molar-refractivity contribution >= 4 is 10.0 Å². The highest BCUT2D eigenvalue weighted by Gasteiger charge is 2.33. The van der Waals surface area contributed by atoms with Crippen LogP contribution in [0, 0.1) is 6.92 Å². The SMILES string of the molecule is Cc1ccc2n(c1=O)[C@H](COC1CCC(c3ccccc3)CC1)[C@@H](NS(C)(=O)=O)CC2. The second kappa shape index (κ2) is 9.27. The molecule has 1 fully saturated rings. The molecule has 0 saturated heterocycles. The Morgan fingerprint density at radius 1 is 1.03 bits per heavy atom. The van der Waals surface area contributed by atoms with E-state index < -0.39 is 10.0 Å². The molecule has 1 aromatic carbocycles. The second-order valence-electron chi connectivity index (χ2n) is 9.00. The van der Waals surface area contributed by atoms with E-state index in [1.54, 1.807) is 11.5 Å². The number of pyridine rings is 1.